The normalized spacial score (nSPS) is 26.7. The van der Waals surface area contributed by atoms with Gasteiger partial charge in [-0.05, 0) is 38.1 Å². The van der Waals surface area contributed by atoms with Gasteiger partial charge in [-0.25, -0.2) is 0 Å². The highest BCUT2D eigenvalue weighted by atomic mass is 16.5. The van der Waals surface area contributed by atoms with Crippen LogP contribution in [-0.4, -0.2) is 31.7 Å². The number of carbonyl (C=O) groups is 1. The Balaban J connectivity index is 2.23. The second-order valence-corrected chi connectivity index (χ2v) is 4.76. The summed E-state index contributed by atoms with van der Waals surface area (Å²) in [5, 5.41) is 3.05. The van der Waals surface area contributed by atoms with Crippen LogP contribution in [0.3, 0.4) is 0 Å². The van der Waals surface area contributed by atoms with E-state index in [2.05, 4.69) is 12.2 Å². The van der Waals surface area contributed by atoms with Gasteiger partial charge in [-0.3, -0.25) is 4.79 Å². The predicted molar refractivity (Wildman–Crippen MR) is 64.0 cm³/mol. The predicted octanol–water partition coefficient (Wildman–Crippen LogP) is 1.05. The Kier molecular flexibility index (Phi) is 5.77. The number of nitrogens with one attached hydrogen (secondary N) is 1. The molecule has 0 aromatic heterocycles. The third-order valence-electron chi connectivity index (χ3n) is 3.37. The number of ether oxygens (including phenoxy) is 1. The Morgan fingerprint density at radius 1 is 1.56 bits per heavy atom. The van der Waals surface area contributed by atoms with E-state index < -0.39 is 0 Å². The largest absolute Gasteiger partial charge is 0.379 e. The standard InChI is InChI=1S/C12H24N2O2/c1-9(8-13)6-7-12(15)14-10-4-3-5-11(10)16-2/h9-11H,3-8,13H2,1-2H3,(H,14,15). The first-order valence-corrected chi connectivity index (χ1v) is 6.19. The lowest BCUT2D eigenvalue weighted by Gasteiger charge is -2.20. The van der Waals surface area contributed by atoms with Crippen LogP contribution in [0.4, 0.5) is 0 Å². The molecule has 0 spiro atoms. The molecule has 1 amide bonds. The molecule has 94 valence electrons. The SMILES string of the molecule is COC1CCCC1NC(=O)CCC(C)CN. The zero-order chi connectivity index (χ0) is 12.0. The first kappa shape index (κ1) is 13.5. The summed E-state index contributed by atoms with van der Waals surface area (Å²) < 4.78 is 5.34. The van der Waals surface area contributed by atoms with Gasteiger partial charge in [0.25, 0.3) is 0 Å². The van der Waals surface area contributed by atoms with Crippen LogP contribution in [-0.2, 0) is 9.53 Å². The van der Waals surface area contributed by atoms with Crippen molar-refractivity contribution in [3.05, 3.63) is 0 Å². The van der Waals surface area contributed by atoms with E-state index in [9.17, 15) is 4.79 Å². The van der Waals surface area contributed by atoms with E-state index in [-0.39, 0.29) is 18.1 Å². The summed E-state index contributed by atoms with van der Waals surface area (Å²) in [7, 11) is 1.71. The number of carbonyl (C=O) groups excluding carboxylic acids is 1. The van der Waals surface area contributed by atoms with Gasteiger partial charge in [0.15, 0.2) is 0 Å². The summed E-state index contributed by atoms with van der Waals surface area (Å²) >= 11 is 0. The average Bonchev–Trinajstić information content (AvgIpc) is 2.73. The third kappa shape index (κ3) is 4.10. The molecule has 1 aliphatic carbocycles. The number of rotatable bonds is 6. The van der Waals surface area contributed by atoms with Crippen molar-refractivity contribution >= 4 is 5.91 Å². The Labute approximate surface area is 97.9 Å². The van der Waals surface area contributed by atoms with Crippen molar-refractivity contribution in [3.63, 3.8) is 0 Å². The van der Waals surface area contributed by atoms with Crippen LogP contribution >= 0.6 is 0 Å². The van der Waals surface area contributed by atoms with E-state index in [0.29, 0.717) is 18.9 Å². The molecule has 4 nitrogen and oxygen atoms in total. The molecule has 1 fully saturated rings. The molecule has 0 bridgehead atoms. The molecule has 0 radical (unpaired) electrons. The number of amides is 1. The van der Waals surface area contributed by atoms with Crippen LogP contribution in [0.2, 0.25) is 0 Å². The molecule has 3 N–H and O–H groups in total. The van der Waals surface area contributed by atoms with Gasteiger partial charge in [0.05, 0.1) is 12.1 Å². The summed E-state index contributed by atoms with van der Waals surface area (Å²) in [6, 6.07) is 0.214. The highest BCUT2D eigenvalue weighted by molar-refractivity contribution is 5.76. The molecular formula is C12H24N2O2. The first-order chi connectivity index (χ1) is 7.67. The van der Waals surface area contributed by atoms with Gasteiger partial charge in [-0.2, -0.15) is 0 Å². The van der Waals surface area contributed by atoms with E-state index in [1.54, 1.807) is 7.11 Å². The second-order valence-electron chi connectivity index (χ2n) is 4.76. The molecule has 0 aromatic carbocycles. The highest BCUT2D eigenvalue weighted by Crippen LogP contribution is 2.21. The van der Waals surface area contributed by atoms with Crippen LogP contribution in [0, 0.1) is 5.92 Å². The van der Waals surface area contributed by atoms with Gasteiger partial charge in [0.1, 0.15) is 0 Å². The summed E-state index contributed by atoms with van der Waals surface area (Å²) in [5.74, 6) is 0.557. The van der Waals surface area contributed by atoms with Crippen molar-refractivity contribution in [2.75, 3.05) is 13.7 Å². The van der Waals surface area contributed by atoms with E-state index in [4.69, 9.17) is 10.5 Å². The fourth-order valence-electron chi connectivity index (χ4n) is 2.15. The summed E-state index contributed by atoms with van der Waals surface area (Å²) in [5.41, 5.74) is 5.51. The zero-order valence-electron chi connectivity index (χ0n) is 10.4. The summed E-state index contributed by atoms with van der Waals surface area (Å²) in [4.78, 5) is 11.7. The number of hydrogen-bond donors (Lipinski definition) is 2. The summed E-state index contributed by atoms with van der Waals surface area (Å²) in [6.45, 7) is 2.72. The molecule has 0 heterocycles. The van der Waals surface area contributed by atoms with Crippen molar-refractivity contribution < 1.29 is 9.53 Å². The Hall–Kier alpha value is -0.610. The maximum absolute atomic E-state index is 11.7. The van der Waals surface area contributed by atoms with E-state index in [0.717, 1.165) is 25.7 Å². The summed E-state index contributed by atoms with van der Waals surface area (Å²) in [6.07, 6.45) is 4.88. The van der Waals surface area contributed by atoms with Gasteiger partial charge in [0.2, 0.25) is 5.91 Å². The van der Waals surface area contributed by atoms with E-state index >= 15 is 0 Å². The van der Waals surface area contributed by atoms with E-state index in [1.165, 1.54) is 0 Å². The molecule has 4 heteroatoms. The number of hydrogen-bond acceptors (Lipinski definition) is 3. The molecule has 1 rings (SSSR count). The van der Waals surface area contributed by atoms with Gasteiger partial charge < -0.3 is 15.8 Å². The van der Waals surface area contributed by atoms with Gasteiger partial charge >= 0.3 is 0 Å². The molecule has 0 aliphatic heterocycles. The molecule has 0 saturated heterocycles. The monoisotopic (exact) mass is 228 g/mol. The Morgan fingerprint density at radius 2 is 2.31 bits per heavy atom. The second kappa shape index (κ2) is 6.86. The topological polar surface area (TPSA) is 64.3 Å². The fraction of sp³-hybridized carbons (Fsp3) is 0.917. The fourth-order valence-corrected chi connectivity index (χ4v) is 2.15. The van der Waals surface area contributed by atoms with Crippen molar-refractivity contribution in [1.82, 2.24) is 5.32 Å². The number of methoxy groups -OCH3 is 1. The smallest absolute Gasteiger partial charge is 0.220 e. The van der Waals surface area contributed by atoms with Crippen molar-refractivity contribution in [2.45, 2.75) is 51.2 Å². The maximum atomic E-state index is 11.7. The number of nitrogens with two attached hydrogens (primary N) is 1. The van der Waals surface area contributed by atoms with Crippen molar-refractivity contribution in [3.8, 4) is 0 Å². The van der Waals surface area contributed by atoms with Gasteiger partial charge in [-0.15, -0.1) is 0 Å². The lowest BCUT2D eigenvalue weighted by atomic mass is 10.1. The molecule has 0 aromatic rings. The van der Waals surface area contributed by atoms with Gasteiger partial charge in [0, 0.05) is 13.5 Å². The molecule has 1 aliphatic rings. The molecule has 1 saturated carbocycles. The molecular weight excluding hydrogens is 204 g/mol. The lowest BCUT2D eigenvalue weighted by molar-refractivity contribution is -0.122. The average molecular weight is 228 g/mol. The third-order valence-corrected chi connectivity index (χ3v) is 3.37. The Bertz CT molecular complexity index is 221. The molecule has 16 heavy (non-hydrogen) atoms. The molecule has 3 unspecified atom stereocenters. The van der Waals surface area contributed by atoms with E-state index in [1.807, 2.05) is 0 Å². The molecule has 3 atom stereocenters. The minimum Gasteiger partial charge on any atom is -0.379 e. The van der Waals surface area contributed by atoms with Crippen LogP contribution in [0.5, 0.6) is 0 Å². The van der Waals surface area contributed by atoms with Crippen LogP contribution in [0.1, 0.15) is 39.0 Å². The zero-order valence-corrected chi connectivity index (χ0v) is 10.4. The first-order valence-electron chi connectivity index (χ1n) is 6.19. The lowest BCUT2D eigenvalue weighted by Crippen LogP contribution is -2.40. The van der Waals surface area contributed by atoms with Gasteiger partial charge in [-0.1, -0.05) is 6.92 Å². The van der Waals surface area contributed by atoms with Crippen molar-refractivity contribution in [1.29, 1.82) is 0 Å². The van der Waals surface area contributed by atoms with Crippen LogP contribution in [0.15, 0.2) is 0 Å². The minimum atomic E-state index is 0.134. The van der Waals surface area contributed by atoms with Crippen LogP contribution < -0.4 is 11.1 Å². The van der Waals surface area contributed by atoms with Crippen LogP contribution in [0.25, 0.3) is 0 Å². The minimum absolute atomic E-state index is 0.134. The highest BCUT2D eigenvalue weighted by Gasteiger charge is 2.28. The Morgan fingerprint density at radius 3 is 2.94 bits per heavy atom. The maximum Gasteiger partial charge on any atom is 0.220 e. The van der Waals surface area contributed by atoms with Crippen molar-refractivity contribution in [2.24, 2.45) is 11.7 Å². The quantitative estimate of drug-likeness (QED) is 0.714.